The molecule has 0 fully saturated rings. The molecule has 2 N–H and O–H groups in total. The van der Waals surface area contributed by atoms with Gasteiger partial charge in [0.05, 0.1) is 22.4 Å². The lowest BCUT2D eigenvalue weighted by Crippen LogP contribution is -2.15. The fraction of sp³-hybridized carbons (Fsp3) is 0.130. The second-order valence-electron chi connectivity index (χ2n) is 6.71. The Balaban J connectivity index is 1.31. The fourth-order valence-electron chi connectivity index (χ4n) is 3.25. The van der Waals surface area contributed by atoms with Gasteiger partial charge in [0.1, 0.15) is 0 Å². The maximum absolute atomic E-state index is 12.3. The molecule has 4 aromatic rings. The first kappa shape index (κ1) is 18.6. The smallest absolute Gasteiger partial charge is 0.224 e. The van der Waals surface area contributed by atoms with Gasteiger partial charge in [-0.1, -0.05) is 36.4 Å². The van der Waals surface area contributed by atoms with Crippen LogP contribution in [0, 0.1) is 0 Å². The number of amides is 2. The molecule has 0 aliphatic carbocycles. The van der Waals surface area contributed by atoms with Crippen molar-refractivity contribution in [2.24, 2.45) is 0 Å². The summed E-state index contributed by atoms with van der Waals surface area (Å²) >= 11 is 0. The molecular formula is C23H20N4O2. The van der Waals surface area contributed by atoms with Crippen LogP contribution in [0.1, 0.15) is 19.3 Å². The predicted octanol–water partition coefficient (Wildman–Crippen LogP) is 4.53. The SMILES string of the molecule is O=C(CCCC(=O)Nc1cccc2cccnc12)Nc1cccc2cccnc12. The van der Waals surface area contributed by atoms with Crippen LogP contribution >= 0.6 is 0 Å². The third kappa shape index (κ3) is 4.38. The number of carbonyl (C=O) groups is 2. The van der Waals surface area contributed by atoms with Gasteiger partial charge in [-0.25, -0.2) is 0 Å². The zero-order valence-corrected chi connectivity index (χ0v) is 15.8. The Morgan fingerprint density at radius 2 is 1.10 bits per heavy atom. The van der Waals surface area contributed by atoms with Crippen molar-refractivity contribution in [3.05, 3.63) is 73.1 Å². The van der Waals surface area contributed by atoms with Crippen LogP contribution in [0.4, 0.5) is 11.4 Å². The highest BCUT2D eigenvalue weighted by Gasteiger charge is 2.10. The number of nitrogens with zero attached hydrogens (tertiary/aromatic N) is 2. The van der Waals surface area contributed by atoms with Crippen LogP contribution < -0.4 is 10.6 Å². The number of aromatic nitrogens is 2. The molecule has 2 aromatic heterocycles. The molecule has 0 saturated carbocycles. The van der Waals surface area contributed by atoms with Crippen molar-refractivity contribution in [2.75, 3.05) is 10.6 Å². The minimum atomic E-state index is -0.136. The highest BCUT2D eigenvalue weighted by molar-refractivity contribution is 6.01. The number of pyridine rings is 2. The number of rotatable bonds is 6. The van der Waals surface area contributed by atoms with Gasteiger partial charge in [-0.05, 0) is 30.7 Å². The Hall–Kier alpha value is -3.80. The first-order valence-electron chi connectivity index (χ1n) is 9.48. The first-order valence-corrected chi connectivity index (χ1v) is 9.48. The molecule has 0 spiro atoms. The van der Waals surface area contributed by atoms with E-state index in [1.165, 1.54) is 0 Å². The van der Waals surface area contributed by atoms with Gasteiger partial charge in [-0.2, -0.15) is 0 Å². The first-order chi connectivity index (χ1) is 14.2. The molecule has 6 nitrogen and oxygen atoms in total. The largest absolute Gasteiger partial charge is 0.324 e. The van der Waals surface area contributed by atoms with E-state index in [2.05, 4.69) is 20.6 Å². The lowest BCUT2D eigenvalue weighted by atomic mass is 10.1. The van der Waals surface area contributed by atoms with Crippen molar-refractivity contribution in [3.63, 3.8) is 0 Å². The molecule has 29 heavy (non-hydrogen) atoms. The molecule has 0 unspecified atom stereocenters. The summed E-state index contributed by atoms with van der Waals surface area (Å²) in [5.74, 6) is -0.273. The Morgan fingerprint density at radius 1 is 0.655 bits per heavy atom. The number of benzene rings is 2. The molecule has 0 bridgehead atoms. The molecule has 0 aliphatic rings. The number of para-hydroxylation sites is 2. The molecule has 0 atom stereocenters. The van der Waals surface area contributed by atoms with Gasteiger partial charge in [0.2, 0.25) is 11.8 Å². The summed E-state index contributed by atoms with van der Waals surface area (Å²) in [5, 5.41) is 7.71. The van der Waals surface area contributed by atoms with E-state index in [4.69, 9.17) is 0 Å². The molecule has 0 radical (unpaired) electrons. The van der Waals surface area contributed by atoms with Gasteiger partial charge in [0.25, 0.3) is 0 Å². The number of hydrogen-bond acceptors (Lipinski definition) is 4. The normalized spacial score (nSPS) is 10.8. The lowest BCUT2D eigenvalue weighted by Gasteiger charge is -2.09. The number of nitrogens with one attached hydrogen (secondary N) is 2. The van der Waals surface area contributed by atoms with Crippen molar-refractivity contribution in [1.82, 2.24) is 9.97 Å². The fourth-order valence-corrected chi connectivity index (χ4v) is 3.25. The quantitative estimate of drug-likeness (QED) is 0.511. The molecule has 2 amide bonds. The van der Waals surface area contributed by atoms with E-state index in [-0.39, 0.29) is 24.7 Å². The van der Waals surface area contributed by atoms with Crippen molar-refractivity contribution in [3.8, 4) is 0 Å². The van der Waals surface area contributed by atoms with Crippen LogP contribution in [0.3, 0.4) is 0 Å². The standard InChI is InChI=1S/C23H20N4O2/c28-20(26-18-10-1-6-16-8-4-14-24-22(16)18)12-3-13-21(29)27-19-11-2-7-17-9-5-15-25-23(17)19/h1-2,4-11,14-15H,3,12-13H2,(H,26,28)(H,27,29). The molecule has 0 aliphatic heterocycles. The summed E-state index contributed by atoms with van der Waals surface area (Å²) in [6.45, 7) is 0. The number of carbonyl (C=O) groups excluding carboxylic acids is 2. The van der Waals surface area contributed by atoms with Gasteiger partial charge in [-0.15, -0.1) is 0 Å². The predicted molar refractivity (Wildman–Crippen MR) is 115 cm³/mol. The Morgan fingerprint density at radius 3 is 1.59 bits per heavy atom. The zero-order valence-electron chi connectivity index (χ0n) is 15.8. The molecule has 0 saturated heterocycles. The molecule has 4 rings (SSSR count). The topological polar surface area (TPSA) is 84.0 Å². The van der Waals surface area contributed by atoms with Gasteiger partial charge in [0.15, 0.2) is 0 Å². The van der Waals surface area contributed by atoms with Crippen molar-refractivity contribution in [2.45, 2.75) is 19.3 Å². The lowest BCUT2D eigenvalue weighted by molar-refractivity contribution is -0.117. The maximum Gasteiger partial charge on any atom is 0.224 e. The van der Waals surface area contributed by atoms with Crippen LogP contribution in [0.25, 0.3) is 21.8 Å². The summed E-state index contributed by atoms with van der Waals surface area (Å²) in [6, 6.07) is 18.9. The van der Waals surface area contributed by atoms with E-state index in [1.54, 1.807) is 12.4 Å². The highest BCUT2D eigenvalue weighted by Crippen LogP contribution is 2.22. The highest BCUT2D eigenvalue weighted by atomic mass is 16.2. The minimum absolute atomic E-state index is 0.136. The van der Waals surface area contributed by atoms with Crippen LogP contribution in [0.5, 0.6) is 0 Å². The summed E-state index contributed by atoms with van der Waals surface area (Å²) in [4.78, 5) is 33.2. The van der Waals surface area contributed by atoms with Gasteiger partial charge in [0, 0.05) is 36.0 Å². The average Bonchev–Trinajstić information content (AvgIpc) is 2.74. The number of fused-ring (bicyclic) bond motifs is 2. The molecule has 2 aromatic carbocycles. The van der Waals surface area contributed by atoms with Crippen molar-refractivity contribution >= 4 is 45.0 Å². The van der Waals surface area contributed by atoms with E-state index in [0.717, 1.165) is 21.8 Å². The van der Waals surface area contributed by atoms with E-state index < -0.39 is 0 Å². The average molecular weight is 384 g/mol. The molecule has 6 heteroatoms. The van der Waals surface area contributed by atoms with E-state index in [0.29, 0.717) is 17.8 Å². The number of anilines is 2. The zero-order chi connectivity index (χ0) is 20.1. The Kier molecular flexibility index (Phi) is 5.42. The van der Waals surface area contributed by atoms with E-state index in [1.807, 2.05) is 60.7 Å². The van der Waals surface area contributed by atoms with Gasteiger partial charge in [-0.3, -0.25) is 19.6 Å². The maximum atomic E-state index is 12.3. The van der Waals surface area contributed by atoms with Crippen molar-refractivity contribution in [1.29, 1.82) is 0 Å². The Bertz CT molecular complexity index is 1090. The van der Waals surface area contributed by atoms with E-state index >= 15 is 0 Å². The molecule has 144 valence electrons. The van der Waals surface area contributed by atoms with E-state index in [9.17, 15) is 9.59 Å². The molecule has 2 heterocycles. The summed E-state index contributed by atoms with van der Waals surface area (Å²) in [7, 11) is 0. The van der Waals surface area contributed by atoms with Gasteiger partial charge < -0.3 is 10.6 Å². The van der Waals surface area contributed by atoms with Crippen molar-refractivity contribution < 1.29 is 9.59 Å². The summed E-state index contributed by atoms with van der Waals surface area (Å²) < 4.78 is 0. The second-order valence-corrected chi connectivity index (χ2v) is 6.71. The Labute approximate surface area is 168 Å². The second kappa shape index (κ2) is 8.48. The van der Waals surface area contributed by atoms with Gasteiger partial charge >= 0.3 is 0 Å². The number of hydrogen-bond donors (Lipinski definition) is 2. The summed E-state index contributed by atoms with van der Waals surface area (Å²) in [5.41, 5.74) is 2.87. The monoisotopic (exact) mass is 384 g/mol. The van der Waals surface area contributed by atoms with Crippen LogP contribution in [0.15, 0.2) is 73.1 Å². The van der Waals surface area contributed by atoms with Crippen LogP contribution in [-0.4, -0.2) is 21.8 Å². The third-order valence-electron chi connectivity index (χ3n) is 4.62. The minimum Gasteiger partial charge on any atom is -0.324 e. The van der Waals surface area contributed by atoms with Crippen LogP contribution in [-0.2, 0) is 9.59 Å². The molecular weight excluding hydrogens is 364 g/mol. The van der Waals surface area contributed by atoms with Crippen LogP contribution in [0.2, 0.25) is 0 Å². The third-order valence-corrected chi connectivity index (χ3v) is 4.62. The summed E-state index contributed by atoms with van der Waals surface area (Å²) in [6.07, 6.45) is 4.36.